The highest BCUT2D eigenvalue weighted by Crippen LogP contribution is 2.20. The van der Waals surface area contributed by atoms with Gasteiger partial charge in [0.2, 0.25) is 0 Å². The van der Waals surface area contributed by atoms with Gasteiger partial charge in [-0.25, -0.2) is 0 Å². The third-order valence-electron chi connectivity index (χ3n) is 3.43. The van der Waals surface area contributed by atoms with E-state index in [1.54, 1.807) is 0 Å². The zero-order chi connectivity index (χ0) is 13.5. The highest BCUT2D eigenvalue weighted by Gasteiger charge is 2.25. The number of aryl methyl sites for hydroxylation is 1. The Hall–Kier alpha value is -0.420. The Morgan fingerprint density at radius 2 is 2.16 bits per heavy atom. The van der Waals surface area contributed by atoms with Crippen LogP contribution in [0, 0.1) is 0 Å². The van der Waals surface area contributed by atoms with Crippen LogP contribution >= 0.6 is 11.3 Å². The lowest BCUT2D eigenvalue weighted by atomic mass is 10.1. The van der Waals surface area contributed by atoms with E-state index in [0.29, 0.717) is 12.6 Å². The van der Waals surface area contributed by atoms with Crippen LogP contribution in [0.1, 0.15) is 30.0 Å². The molecule has 2 heterocycles. The molecule has 0 spiro atoms. The molecule has 1 aromatic rings. The van der Waals surface area contributed by atoms with Crippen LogP contribution < -0.4 is 5.32 Å². The Kier molecular flexibility index (Phi) is 6.31. The Morgan fingerprint density at radius 1 is 1.32 bits per heavy atom. The molecule has 2 unspecified atom stereocenters. The Morgan fingerprint density at radius 3 is 2.79 bits per heavy atom. The first-order chi connectivity index (χ1) is 9.33. The molecule has 0 bridgehead atoms. The predicted molar refractivity (Wildman–Crippen MR) is 80.0 cm³/mol. The van der Waals surface area contributed by atoms with Crippen LogP contribution in [-0.2, 0) is 22.3 Å². The summed E-state index contributed by atoms with van der Waals surface area (Å²) in [6.07, 6.45) is 3.50. The van der Waals surface area contributed by atoms with Gasteiger partial charge >= 0.3 is 0 Å². The van der Waals surface area contributed by atoms with Crippen molar-refractivity contribution in [3.63, 3.8) is 0 Å². The van der Waals surface area contributed by atoms with Crippen molar-refractivity contribution < 1.29 is 9.47 Å². The van der Waals surface area contributed by atoms with Gasteiger partial charge in [-0.1, -0.05) is 13.8 Å². The summed E-state index contributed by atoms with van der Waals surface area (Å²) in [5.74, 6) is 0. The Bertz CT molecular complexity index is 361. The second-order valence-electron chi connectivity index (χ2n) is 4.97. The van der Waals surface area contributed by atoms with Crippen molar-refractivity contribution in [3.8, 4) is 0 Å². The molecule has 2 rings (SSSR count). The molecule has 0 amide bonds. The van der Waals surface area contributed by atoms with Gasteiger partial charge in [-0.15, -0.1) is 11.3 Å². The molecule has 0 saturated carbocycles. The molecule has 19 heavy (non-hydrogen) atoms. The first-order valence-electron chi connectivity index (χ1n) is 7.33. The van der Waals surface area contributed by atoms with Gasteiger partial charge in [0.15, 0.2) is 0 Å². The van der Waals surface area contributed by atoms with Gasteiger partial charge in [0.1, 0.15) is 0 Å². The van der Waals surface area contributed by atoms with Crippen molar-refractivity contribution in [1.29, 1.82) is 0 Å². The maximum Gasteiger partial charge on any atom is 0.0965 e. The summed E-state index contributed by atoms with van der Waals surface area (Å²) in [7, 11) is 0. The van der Waals surface area contributed by atoms with E-state index in [1.807, 2.05) is 11.3 Å². The van der Waals surface area contributed by atoms with Gasteiger partial charge in [0, 0.05) is 15.8 Å². The quantitative estimate of drug-likeness (QED) is 0.834. The molecule has 1 N–H and O–H groups in total. The summed E-state index contributed by atoms with van der Waals surface area (Å²) < 4.78 is 11.4. The third-order valence-corrected chi connectivity index (χ3v) is 4.69. The summed E-state index contributed by atoms with van der Waals surface area (Å²) in [5.41, 5.74) is 0. The fourth-order valence-electron chi connectivity index (χ4n) is 2.34. The van der Waals surface area contributed by atoms with Crippen molar-refractivity contribution in [2.75, 3.05) is 26.4 Å². The van der Waals surface area contributed by atoms with Crippen molar-refractivity contribution in [2.24, 2.45) is 0 Å². The number of hydrogen-bond donors (Lipinski definition) is 1. The van der Waals surface area contributed by atoms with Crippen molar-refractivity contribution in [3.05, 3.63) is 21.9 Å². The molecule has 0 radical (unpaired) electrons. The topological polar surface area (TPSA) is 30.5 Å². The fourth-order valence-corrected chi connectivity index (χ4v) is 3.36. The molecule has 2 atom stereocenters. The summed E-state index contributed by atoms with van der Waals surface area (Å²) in [4.78, 5) is 2.91. The van der Waals surface area contributed by atoms with Crippen LogP contribution in [-0.4, -0.2) is 38.5 Å². The van der Waals surface area contributed by atoms with Crippen molar-refractivity contribution in [2.45, 2.75) is 45.3 Å². The van der Waals surface area contributed by atoms with E-state index in [0.717, 1.165) is 39.0 Å². The van der Waals surface area contributed by atoms with Crippen LogP contribution in [0.2, 0.25) is 0 Å². The van der Waals surface area contributed by atoms with Gasteiger partial charge in [-0.2, -0.15) is 0 Å². The summed E-state index contributed by atoms with van der Waals surface area (Å²) in [5, 5.41) is 3.62. The molecule has 3 nitrogen and oxygen atoms in total. The summed E-state index contributed by atoms with van der Waals surface area (Å²) in [6.45, 7) is 7.61. The maximum atomic E-state index is 5.86. The average Bonchev–Trinajstić information content (AvgIpc) is 2.92. The van der Waals surface area contributed by atoms with Crippen molar-refractivity contribution in [1.82, 2.24) is 5.32 Å². The molecule has 0 aromatic carbocycles. The van der Waals surface area contributed by atoms with E-state index in [-0.39, 0.29) is 6.10 Å². The zero-order valence-electron chi connectivity index (χ0n) is 12.0. The molecule has 0 aliphatic carbocycles. The minimum atomic E-state index is 0.187. The number of nitrogens with one attached hydrogen (secondary N) is 1. The van der Waals surface area contributed by atoms with Gasteiger partial charge in [-0.3, -0.25) is 0 Å². The number of thiophene rings is 1. The molecule has 1 aromatic heterocycles. The van der Waals surface area contributed by atoms with E-state index in [1.165, 1.54) is 9.75 Å². The van der Waals surface area contributed by atoms with E-state index in [4.69, 9.17) is 9.47 Å². The molecule has 1 aliphatic rings. The minimum absolute atomic E-state index is 0.187. The second-order valence-corrected chi connectivity index (χ2v) is 6.22. The smallest absolute Gasteiger partial charge is 0.0965 e. The number of hydrogen-bond acceptors (Lipinski definition) is 4. The minimum Gasteiger partial charge on any atom is -0.376 e. The fraction of sp³-hybridized carbons (Fsp3) is 0.733. The number of ether oxygens (including phenoxy) is 2. The molecule has 1 saturated heterocycles. The van der Waals surface area contributed by atoms with E-state index < -0.39 is 0 Å². The van der Waals surface area contributed by atoms with Crippen LogP contribution in [0.5, 0.6) is 0 Å². The summed E-state index contributed by atoms with van der Waals surface area (Å²) in [6, 6.07) is 4.87. The second kappa shape index (κ2) is 8.00. The van der Waals surface area contributed by atoms with Gasteiger partial charge < -0.3 is 14.8 Å². The molecule has 1 fully saturated rings. The van der Waals surface area contributed by atoms with Crippen LogP contribution in [0.25, 0.3) is 0 Å². The molecule has 1 aliphatic heterocycles. The van der Waals surface area contributed by atoms with Gasteiger partial charge in [0.05, 0.1) is 25.9 Å². The summed E-state index contributed by atoms with van der Waals surface area (Å²) >= 11 is 1.92. The highest BCUT2D eigenvalue weighted by molar-refractivity contribution is 7.11. The van der Waals surface area contributed by atoms with Gasteiger partial charge in [0.25, 0.3) is 0 Å². The first-order valence-corrected chi connectivity index (χ1v) is 8.15. The zero-order valence-corrected chi connectivity index (χ0v) is 12.8. The lowest BCUT2D eigenvalue weighted by Crippen LogP contribution is -2.48. The van der Waals surface area contributed by atoms with Crippen LogP contribution in [0.15, 0.2) is 12.1 Å². The predicted octanol–water partition coefficient (Wildman–Crippen LogP) is 2.64. The Balaban J connectivity index is 1.95. The van der Waals surface area contributed by atoms with E-state index in [2.05, 4.69) is 31.3 Å². The molecule has 108 valence electrons. The standard InChI is InChI=1S/C15H25NO2S/c1-3-7-16-14(15-11-17-8-9-18-15)10-13-6-5-12(4-2)19-13/h5-6,14-16H,3-4,7-11H2,1-2H3. The monoisotopic (exact) mass is 283 g/mol. The average molecular weight is 283 g/mol. The largest absolute Gasteiger partial charge is 0.376 e. The van der Waals surface area contributed by atoms with Gasteiger partial charge in [-0.05, 0) is 37.9 Å². The third kappa shape index (κ3) is 4.56. The molecule has 4 heteroatoms. The normalized spacial score (nSPS) is 21.5. The van der Waals surface area contributed by atoms with Crippen LogP contribution in [0.4, 0.5) is 0 Å². The number of rotatable bonds is 7. The first kappa shape index (κ1) is 15.0. The SMILES string of the molecule is CCCNC(Cc1ccc(CC)s1)C1COCCO1. The maximum absolute atomic E-state index is 5.86. The highest BCUT2D eigenvalue weighted by atomic mass is 32.1. The van der Waals surface area contributed by atoms with Crippen molar-refractivity contribution >= 4 is 11.3 Å². The van der Waals surface area contributed by atoms with Crippen LogP contribution in [0.3, 0.4) is 0 Å². The molecular formula is C15H25NO2S. The van der Waals surface area contributed by atoms with E-state index in [9.17, 15) is 0 Å². The van der Waals surface area contributed by atoms with E-state index >= 15 is 0 Å². The molecular weight excluding hydrogens is 258 g/mol. The Labute approximate surface area is 120 Å². The lowest BCUT2D eigenvalue weighted by molar-refractivity contribution is -0.101. The lowest BCUT2D eigenvalue weighted by Gasteiger charge is -2.31.